The van der Waals surface area contributed by atoms with Crippen molar-refractivity contribution in [2.45, 2.75) is 19.8 Å². The minimum atomic E-state index is 0.477. The molecule has 0 aliphatic heterocycles. The third-order valence-electron chi connectivity index (χ3n) is 1.88. The van der Waals surface area contributed by atoms with Crippen LogP contribution in [-0.2, 0) is 7.05 Å². The highest BCUT2D eigenvalue weighted by Crippen LogP contribution is 2.24. The molecule has 0 radical (unpaired) electrons. The van der Waals surface area contributed by atoms with Crippen LogP contribution in [0.4, 0.5) is 0 Å². The van der Waals surface area contributed by atoms with Gasteiger partial charge in [0.2, 0.25) is 0 Å². The lowest BCUT2D eigenvalue weighted by molar-refractivity contribution is 0.655. The summed E-state index contributed by atoms with van der Waals surface area (Å²) < 4.78 is 0. The van der Waals surface area contributed by atoms with E-state index in [0.717, 1.165) is 16.4 Å². The van der Waals surface area contributed by atoms with Gasteiger partial charge in [0.1, 0.15) is 11.4 Å². The smallest absolute Gasteiger partial charge is 0.132 e. The Morgan fingerprint density at radius 3 is 2.64 bits per heavy atom. The topological polar surface area (TPSA) is 43.6 Å². The summed E-state index contributed by atoms with van der Waals surface area (Å²) in [6.45, 7) is 4.28. The van der Waals surface area contributed by atoms with E-state index in [1.54, 1.807) is 29.4 Å². The zero-order valence-electron chi connectivity index (χ0n) is 8.43. The van der Waals surface area contributed by atoms with Gasteiger partial charge in [-0.3, -0.25) is 0 Å². The molecule has 0 aromatic carbocycles. The Morgan fingerprint density at radius 1 is 1.36 bits per heavy atom. The zero-order valence-corrected chi connectivity index (χ0v) is 9.25. The lowest BCUT2D eigenvalue weighted by Crippen LogP contribution is -1.92. The monoisotopic (exact) mass is 208 g/mol. The molecule has 0 atom stereocenters. The number of rotatable bonds is 2. The summed E-state index contributed by atoms with van der Waals surface area (Å²) in [6.07, 6.45) is 1.74. The van der Waals surface area contributed by atoms with Crippen LogP contribution in [0.2, 0.25) is 0 Å². The van der Waals surface area contributed by atoms with E-state index in [1.807, 2.05) is 5.38 Å². The molecule has 2 aromatic rings. The van der Waals surface area contributed by atoms with Crippen LogP contribution in [0.25, 0.3) is 11.4 Å². The first kappa shape index (κ1) is 9.33. The van der Waals surface area contributed by atoms with E-state index in [9.17, 15) is 0 Å². The molecule has 0 amide bonds. The van der Waals surface area contributed by atoms with Crippen LogP contribution in [0.15, 0.2) is 11.6 Å². The molecule has 0 spiro atoms. The number of aryl methyl sites for hydroxylation is 1. The average Bonchev–Trinajstić information content (AvgIpc) is 2.70. The van der Waals surface area contributed by atoms with Gasteiger partial charge in [0, 0.05) is 18.3 Å². The Kier molecular flexibility index (Phi) is 2.33. The van der Waals surface area contributed by atoms with E-state index in [-0.39, 0.29) is 0 Å². The summed E-state index contributed by atoms with van der Waals surface area (Å²) in [5, 5.41) is 11.4. The van der Waals surface area contributed by atoms with Crippen LogP contribution < -0.4 is 0 Å². The Bertz CT molecular complexity index is 429. The van der Waals surface area contributed by atoms with Crippen LogP contribution in [0, 0.1) is 0 Å². The van der Waals surface area contributed by atoms with E-state index in [4.69, 9.17) is 0 Å². The second-order valence-electron chi connectivity index (χ2n) is 3.44. The summed E-state index contributed by atoms with van der Waals surface area (Å²) >= 11 is 1.67. The van der Waals surface area contributed by atoms with Crippen molar-refractivity contribution in [1.82, 2.24) is 20.0 Å². The maximum absolute atomic E-state index is 4.50. The molecule has 0 saturated heterocycles. The van der Waals surface area contributed by atoms with Gasteiger partial charge in [-0.15, -0.1) is 11.3 Å². The quantitative estimate of drug-likeness (QED) is 0.758. The first-order valence-electron chi connectivity index (χ1n) is 4.49. The van der Waals surface area contributed by atoms with Gasteiger partial charge < -0.3 is 0 Å². The molecule has 2 rings (SSSR count). The van der Waals surface area contributed by atoms with Crippen LogP contribution >= 0.6 is 11.3 Å². The highest BCUT2D eigenvalue weighted by Gasteiger charge is 2.09. The van der Waals surface area contributed by atoms with Gasteiger partial charge in [0.15, 0.2) is 0 Å². The van der Waals surface area contributed by atoms with Gasteiger partial charge >= 0.3 is 0 Å². The summed E-state index contributed by atoms with van der Waals surface area (Å²) in [7, 11) is 1.80. The summed E-state index contributed by atoms with van der Waals surface area (Å²) in [6, 6.07) is 0. The third-order valence-corrected chi connectivity index (χ3v) is 3.02. The normalized spacial score (nSPS) is 11.1. The van der Waals surface area contributed by atoms with Crippen LogP contribution in [0.3, 0.4) is 0 Å². The number of aromatic nitrogens is 4. The molecule has 2 heterocycles. The predicted molar refractivity (Wildman–Crippen MR) is 56.2 cm³/mol. The lowest BCUT2D eigenvalue weighted by Gasteiger charge is -1.95. The van der Waals surface area contributed by atoms with Crippen LogP contribution in [-0.4, -0.2) is 20.0 Å². The van der Waals surface area contributed by atoms with Gasteiger partial charge in [-0.05, 0) is 0 Å². The van der Waals surface area contributed by atoms with Gasteiger partial charge in [-0.25, -0.2) is 4.98 Å². The molecule has 14 heavy (non-hydrogen) atoms. The highest BCUT2D eigenvalue weighted by atomic mass is 32.1. The van der Waals surface area contributed by atoms with Crippen molar-refractivity contribution < 1.29 is 0 Å². The SMILES string of the molecule is CC(C)c1nc(-c2cnn(C)n2)cs1. The van der Waals surface area contributed by atoms with Crippen molar-refractivity contribution in [2.75, 3.05) is 0 Å². The Hall–Kier alpha value is -1.23. The molecule has 0 N–H and O–H groups in total. The molecular formula is C9H12N4S. The minimum Gasteiger partial charge on any atom is -0.239 e. The molecule has 0 bridgehead atoms. The zero-order chi connectivity index (χ0) is 10.1. The highest BCUT2D eigenvalue weighted by molar-refractivity contribution is 7.10. The maximum atomic E-state index is 4.50. The van der Waals surface area contributed by atoms with Gasteiger partial charge in [0.05, 0.1) is 11.2 Å². The number of nitrogens with zero attached hydrogens (tertiary/aromatic N) is 4. The molecule has 4 nitrogen and oxygen atoms in total. The standard InChI is InChI=1S/C9H12N4S/c1-6(2)9-11-8(5-14-9)7-4-10-13(3)12-7/h4-6H,1-3H3. The maximum Gasteiger partial charge on any atom is 0.132 e. The summed E-state index contributed by atoms with van der Waals surface area (Å²) in [4.78, 5) is 6.04. The molecule has 0 aliphatic rings. The Balaban J connectivity index is 2.33. The first-order chi connectivity index (χ1) is 6.66. The van der Waals surface area contributed by atoms with Crippen molar-refractivity contribution in [3.05, 3.63) is 16.6 Å². The third kappa shape index (κ3) is 1.68. The molecule has 74 valence electrons. The Labute approximate surface area is 86.6 Å². The predicted octanol–water partition coefficient (Wildman–Crippen LogP) is 2.06. The minimum absolute atomic E-state index is 0.477. The van der Waals surface area contributed by atoms with Crippen LogP contribution in [0.5, 0.6) is 0 Å². The fourth-order valence-electron chi connectivity index (χ4n) is 1.13. The van der Waals surface area contributed by atoms with Crippen LogP contribution in [0.1, 0.15) is 24.8 Å². The van der Waals surface area contributed by atoms with E-state index >= 15 is 0 Å². The van der Waals surface area contributed by atoms with Crippen molar-refractivity contribution in [1.29, 1.82) is 0 Å². The average molecular weight is 208 g/mol. The molecule has 0 fully saturated rings. The van der Waals surface area contributed by atoms with E-state index in [2.05, 4.69) is 29.0 Å². The molecule has 0 unspecified atom stereocenters. The van der Waals surface area contributed by atoms with E-state index in [1.165, 1.54) is 0 Å². The molecule has 5 heteroatoms. The van der Waals surface area contributed by atoms with Gasteiger partial charge in [0.25, 0.3) is 0 Å². The van der Waals surface area contributed by atoms with E-state index < -0.39 is 0 Å². The van der Waals surface area contributed by atoms with Gasteiger partial charge in [-0.2, -0.15) is 15.0 Å². The Morgan fingerprint density at radius 2 is 2.14 bits per heavy atom. The van der Waals surface area contributed by atoms with E-state index in [0.29, 0.717) is 5.92 Å². The largest absolute Gasteiger partial charge is 0.239 e. The molecule has 2 aromatic heterocycles. The number of thiazole rings is 1. The summed E-state index contributed by atoms with van der Waals surface area (Å²) in [5.74, 6) is 0.477. The summed E-state index contributed by atoms with van der Waals surface area (Å²) in [5.41, 5.74) is 1.77. The molecular weight excluding hydrogens is 196 g/mol. The van der Waals surface area contributed by atoms with Crippen molar-refractivity contribution >= 4 is 11.3 Å². The van der Waals surface area contributed by atoms with Crippen molar-refractivity contribution in [2.24, 2.45) is 7.05 Å². The lowest BCUT2D eigenvalue weighted by atomic mass is 10.2. The van der Waals surface area contributed by atoms with Crippen molar-refractivity contribution in [3.8, 4) is 11.4 Å². The molecule has 0 saturated carbocycles. The number of hydrogen-bond donors (Lipinski definition) is 0. The second kappa shape index (κ2) is 3.49. The first-order valence-corrected chi connectivity index (χ1v) is 5.37. The fraction of sp³-hybridized carbons (Fsp3) is 0.444. The molecule has 0 aliphatic carbocycles. The number of hydrogen-bond acceptors (Lipinski definition) is 4. The fourth-order valence-corrected chi connectivity index (χ4v) is 1.96. The van der Waals surface area contributed by atoms with Crippen molar-refractivity contribution in [3.63, 3.8) is 0 Å². The second-order valence-corrected chi connectivity index (χ2v) is 4.33. The van der Waals surface area contributed by atoms with Gasteiger partial charge in [-0.1, -0.05) is 13.8 Å².